The molecule has 0 fully saturated rings. The summed E-state index contributed by atoms with van der Waals surface area (Å²) in [5, 5.41) is 2.24. The molecular weight excluding hydrogens is 236 g/mol. The van der Waals surface area contributed by atoms with Crippen molar-refractivity contribution in [3.05, 3.63) is 60.9 Å². The predicted molar refractivity (Wildman–Crippen MR) is 74.7 cm³/mol. The van der Waals surface area contributed by atoms with Gasteiger partial charge in [-0.3, -0.25) is 4.98 Å². The van der Waals surface area contributed by atoms with E-state index in [9.17, 15) is 0 Å². The Balaban J connectivity index is 2.04. The quantitative estimate of drug-likeness (QED) is 0.508. The molecule has 19 heavy (non-hydrogen) atoms. The van der Waals surface area contributed by atoms with E-state index >= 15 is 0 Å². The third kappa shape index (κ3) is 1.59. The van der Waals surface area contributed by atoms with E-state index < -0.39 is 0 Å². The van der Waals surface area contributed by atoms with E-state index in [0.717, 1.165) is 27.4 Å². The number of fused-ring (bicyclic) bond motifs is 3. The van der Waals surface area contributed by atoms with Gasteiger partial charge in [0.1, 0.15) is 5.52 Å². The molecule has 0 unspecified atom stereocenters. The lowest BCUT2D eigenvalue weighted by atomic mass is 10.1. The van der Waals surface area contributed by atoms with E-state index in [-0.39, 0.29) is 0 Å². The second-order valence-corrected chi connectivity index (χ2v) is 4.40. The van der Waals surface area contributed by atoms with E-state index in [1.807, 2.05) is 30.3 Å². The molecule has 2 aromatic heterocycles. The van der Waals surface area contributed by atoms with Crippen molar-refractivity contribution >= 4 is 21.9 Å². The number of aromatic nitrogens is 2. The van der Waals surface area contributed by atoms with Crippen molar-refractivity contribution in [3.8, 4) is 11.5 Å². The van der Waals surface area contributed by atoms with E-state index in [1.54, 1.807) is 12.4 Å². The van der Waals surface area contributed by atoms with Crippen LogP contribution in [0, 0.1) is 0 Å². The molecule has 0 aliphatic carbocycles. The standard InChI is InChI=1S/C16H10N2O/c1-2-6-13-11(4-1)7-8-14-15(13)19-16(18-14)12-5-3-9-17-10-12/h1-10H. The Morgan fingerprint density at radius 2 is 1.84 bits per heavy atom. The minimum atomic E-state index is 0.611. The molecule has 0 N–H and O–H groups in total. The van der Waals surface area contributed by atoms with Crippen LogP contribution in [0.2, 0.25) is 0 Å². The van der Waals surface area contributed by atoms with Crippen molar-refractivity contribution in [1.82, 2.24) is 9.97 Å². The van der Waals surface area contributed by atoms with E-state index in [4.69, 9.17) is 4.42 Å². The van der Waals surface area contributed by atoms with Gasteiger partial charge in [-0.2, -0.15) is 0 Å². The highest BCUT2D eigenvalue weighted by molar-refractivity contribution is 6.03. The molecule has 0 saturated carbocycles. The fraction of sp³-hybridized carbons (Fsp3) is 0. The Morgan fingerprint density at radius 3 is 2.74 bits per heavy atom. The van der Waals surface area contributed by atoms with Gasteiger partial charge in [-0.1, -0.05) is 30.3 Å². The summed E-state index contributed by atoms with van der Waals surface area (Å²) < 4.78 is 5.92. The average Bonchev–Trinajstić information content (AvgIpc) is 2.93. The lowest BCUT2D eigenvalue weighted by molar-refractivity contribution is 0.622. The fourth-order valence-electron chi connectivity index (χ4n) is 2.27. The summed E-state index contributed by atoms with van der Waals surface area (Å²) in [5.74, 6) is 0.611. The van der Waals surface area contributed by atoms with Gasteiger partial charge in [-0.25, -0.2) is 4.98 Å². The maximum absolute atomic E-state index is 5.92. The van der Waals surface area contributed by atoms with Gasteiger partial charge >= 0.3 is 0 Å². The molecule has 0 radical (unpaired) electrons. The Hall–Kier alpha value is -2.68. The second-order valence-electron chi connectivity index (χ2n) is 4.40. The topological polar surface area (TPSA) is 38.9 Å². The van der Waals surface area contributed by atoms with Crippen LogP contribution in [0.15, 0.2) is 65.3 Å². The number of pyridine rings is 1. The molecule has 0 bridgehead atoms. The zero-order chi connectivity index (χ0) is 12.7. The fourth-order valence-corrected chi connectivity index (χ4v) is 2.27. The summed E-state index contributed by atoms with van der Waals surface area (Å²) in [5.41, 5.74) is 2.59. The smallest absolute Gasteiger partial charge is 0.228 e. The van der Waals surface area contributed by atoms with Crippen LogP contribution >= 0.6 is 0 Å². The van der Waals surface area contributed by atoms with Gasteiger partial charge in [0.05, 0.1) is 5.56 Å². The van der Waals surface area contributed by atoms with Gasteiger partial charge in [0.25, 0.3) is 0 Å². The number of rotatable bonds is 1. The molecule has 3 nitrogen and oxygen atoms in total. The number of nitrogens with zero attached hydrogens (tertiary/aromatic N) is 2. The van der Waals surface area contributed by atoms with Gasteiger partial charge in [-0.15, -0.1) is 0 Å². The highest BCUT2D eigenvalue weighted by atomic mass is 16.3. The molecule has 4 aromatic rings. The van der Waals surface area contributed by atoms with Crippen molar-refractivity contribution < 1.29 is 4.42 Å². The van der Waals surface area contributed by atoms with Gasteiger partial charge < -0.3 is 4.42 Å². The van der Waals surface area contributed by atoms with Gasteiger partial charge in [-0.05, 0) is 23.6 Å². The Kier molecular flexibility index (Phi) is 2.12. The van der Waals surface area contributed by atoms with Crippen LogP contribution in [0.5, 0.6) is 0 Å². The SMILES string of the molecule is c1cncc(-c2nc3ccc4ccccc4c3o2)c1. The number of benzene rings is 2. The first-order valence-corrected chi connectivity index (χ1v) is 6.10. The van der Waals surface area contributed by atoms with Crippen LogP contribution in [-0.2, 0) is 0 Å². The first-order chi connectivity index (χ1) is 9.42. The Morgan fingerprint density at radius 1 is 0.895 bits per heavy atom. The highest BCUT2D eigenvalue weighted by Gasteiger charge is 2.10. The van der Waals surface area contributed by atoms with Crippen molar-refractivity contribution in [3.63, 3.8) is 0 Å². The zero-order valence-electron chi connectivity index (χ0n) is 10.1. The Labute approximate surface area is 109 Å². The monoisotopic (exact) mass is 246 g/mol. The van der Waals surface area contributed by atoms with E-state index in [2.05, 4.69) is 28.2 Å². The summed E-state index contributed by atoms with van der Waals surface area (Å²) in [6.07, 6.45) is 3.49. The van der Waals surface area contributed by atoms with Gasteiger partial charge in [0.2, 0.25) is 5.89 Å². The molecule has 0 aliphatic heterocycles. The Bertz CT molecular complexity index is 866. The maximum atomic E-state index is 5.92. The molecular formula is C16H10N2O. The van der Waals surface area contributed by atoms with Crippen LogP contribution in [0.3, 0.4) is 0 Å². The summed E-state index contributed by atoms with van der Waals surface area (Å²) in [6, 6.07) is 16.0. The second kappa shape index (κ2) is 3.92. The van der Waals surface area contributed by atoms with Crippen LogP contribution in [0.25, 0.3) is 33.3 Å². The largest absolute Gasteiger partial charge is 0.435 e. The van der Waals surface area contributed by atoms with Crippen molar-refractivity contribution in [2.45, 2.75) is 0 Å². The van der Waals surface area contributed by atoms with Crippen LogP contribution < -0.4 is 0 Å². The van der Waals surface area contributed by atoms with Crippen molar-refractivity contribution in [1.29, 1.82) is 0 Å². The number of hydrogen-bond acceptors (Lipinski definition) is 3. The predicted octanol–water partition coefficient (Wildman–Crippen LogP) is 4.04. The molecule has 0 amide bonds. The third-order valence-corrected chi connectivity index (χ3v) is 3.19. The first-order valence-electron chi connectivity index (χ1n) is 6.10. The minimum Gasteiger partial charge on any atom is -0.435 e. The molecule has 0 atom stereocenters. The molecule has 0 aliphatic rings. The first kappa shape index (κ1) is 10.3. The zero-order valence-corrected chi connectivity index (χ0v) is 10.1. The molecule has 2 aromatic carbocycles. The highest BCUT2D eigenvalue weighted by Crippen LogP contribution is 2.29. The third-order valence-electron chi connectivity index (χ3n) is 3.19. The maximum Gasteiger partial charge on any atom is 0.228 e. The van der Waals surface area contributed by atoms with Crippen LogP contribution in [0.4, 0.5) is 0 Å². The summed E-state index contributed by atoms with van der Waals surface area (Å²) in [4.78, 5) is 8.62. The molecule has 90 valence electrons. The van der Waals surface area contributed by atoms with Gasteiger partial charge in [0, 0.05) is 17.8 Å². The van der Waals surface area contributed by atoms with Crippen molar-refractivity contribution in [2.75, 3.05) is 0 Å². The van der Waals surface area contributed by atoms with Crippen molar-refractivity contribution in [2.24, 2.45) is 0 Å². The lowest BCUT2D eigenvalue weighted by Gasteiger charge is -1.96. The van der Waals surface area contributed by atoms with Crippen LogP contribution in [-0.4, -0.2) is 9.97 Å². The molecule has 2 heterocycles. The molecule has 0 spiro atoms. The molecule has 3 heteroatoms. The average molecular weight is 246 g/mol. The number of oxazole rings is 1. The normalized spacial score (nSPS) is 11.2. The minimum absolute atomic E-state index is 0.611. The van der Waals surface area contributed by atoms with Crippen LogP contribution in [0.1, 0.15) is 0 Å². The lowest BCUT2D eigenvalue weighted by Crippen LogP contribution is -1.77. The van der Waals surface area contributed by atoms with E-state index in [0.29, 0.717) is 5.89 Å². The molecule has 4 rings (SSSR count). The summed E-state index contributed by atoms with van der Waals surface area (Å²) in [7, 11) is 0. The summed E-state index contributed by atoms with van der Waals surface area (Å²) >= 11 is 0. The summed E-state index contributed by atoms with van der Waals surface area (Å²) in [6.45, 7) is 0. The van der Waals surface area contributed by atoms with E-state index in [1.165, 1.54) is 0 Å². The molecule has 0 saturated heterocycles. The number of hydrogen-bond donors (Lipinski definition) is 0. The van der Waals surface area contributed by atoms with Gasteiger partial charge in [0.15, 0.2) is 5.58 Å².